The average Bonchev–Trinajstić information content (AvgIpc) is 2.61. The summed E-state index contributed by atoms with van der Waals surface area (Å²) in [5.74, 6) is 0. The van der Waals surface area contributed by atoms with Crippen molar-refractivity contribution in [1.82, 2.24) is 0 Å². The number of hydrogen-bond acceptors (Lipinski definition) is 5. The maximum Gasteiger partial charge on any atom is 0.197 e. The summed E-state index contributed by atoms with van der Waals surface area (Å²) in [7, 11) is 0. The summed E-state index contributed by atoms with van der Waals surface area (Å²) in [5, 5.41) is 48.4. The number of benzene rings is 1. The normalized spacial score (nSPS) is 24.5. The van der Waals surface area contributed by atoms with Crippen LogP contribution in [0.2, 0.25) is 0 Å². The molecule has 104 valence electrons. The van der Waals surface area contributed by atoms with Crippen molar-refractivity contribution in [2.75, 3.05) is 0 Å². The van der Waals surface area contributed by atoms with E-state index in [1.165, 1.54) is 0 Å². The van der Waals surface area contributed by atoms with Crippen molar-refractivity contribution >= 4 is 0 Å². The van der Waals surface area contributed by atoms with E-state index >= 15 is 0 Å². The Bertz CT molecular complexity index is 763. The molecule has 0 bridgehead atoms. The van der Waals surface area contributed by atoms with E-state index in [1.807, 2.05) is 24.3 Å². The molecule has 5 nitrogen and oxygen atoms in total. The molecule has 0 saturated heterocycles. The van der Waals surface area contributed by atoms with Gasteiger partial charge in [-0.3, -0.25) is 0 Å². The molecule has 1 aromatic carbocycles. The lowest BCUT2D eigenvalue weighted by atomic mass is 9.45. The Labute approximate surface area is 128 Å². The second-order valence-electron chi connectivity index (χ2n) is 5.34. The minimum absolute atomic E-state index is 0.109. The highest BCUT2D eigenvalue weighted by atomic mass is 14.7. The molecule has 1 aliphatic rings. The van der Waals surface area contributed by atoms with Crippen LogP contribution in [0.3, 0.4) is 0 Å². The monoisotopic (exact) mass is 285 g/mol. The zero-order chi connectivity index (χ0) is 16.3. The van der Waals surface area contributed by atoms with Gasteiger partial charge in [0.2, 0.25) is 0 Å². The van der Waals surface area contributed by atoms with Gasteiger partial charge in [0.25, 0.3) is 0 Å². The summed E-state index contributed by atoms with van der Waals surface area (Å²) < 4.78 is 0. The van der Waals surface area contributed by atoms with Gasteiger partial charge in [0.05, 0.1) is 30.3 Å². The first kappa shape index (κ1) is 15.1. The lowest BCUT2D eigenvalue weighted by molar-refractivity contribution is 0.122. The number of nitrogens with zero attached hydrogens (tertiary/aromatic N) is 5. The van der Waals surface area contributed by atoms with Gasteiger partial charge in [0.15, 0.2) is 10.8 Å². The molecule has 2 rings (SSSR count). The molecule has 0 heterocycles. The second kappa shape index (κ2) is 5.22. The largest absolute Gasteiger partial charge is 0.197 e. The fraction of sp³-hybridized carbons (Fsp3) is 0.353. The van der Waals surface area contributed by atoms with E-state index in [2.05, 4.69) is 6.07 Å². The van der Waals surface area contributed by atoms with Crippen LogP contribution >= 0.6 is 0 Å². The van der Waals surface area contributed by atoms with Crippen LogP contribution < -0.4 is 0 Å². The van der Waals surface area contributed by atoms with Crippen LogP contribution in [0.5, 0.6) is 0 Å². The van der Waals surface area contributed by atoms with Crippen LogP contribution in [0, 0.1) is 67.5 Å². The molecule has 0 radical (unpaired) electrons. The first-order chi connectivity index (χ1) is 10.6. The van der Waals surface area contributed by atoms with E-state index < -0.39 is 16.2 Å². The fourth-order valence-electron chi connectivity index (χ4n) is 3.36. The van der Waals surface area contributed by atoms with Crippen molar-refractivity contribution in [2.24, 2.45) is 10.8 Å². The Kier molecular flexibility index (Phi) is 3.57. The first-order valence-corrected chi connectivity index (χ1v) is 6.74. The van der Waals surface area contributed by atoms with Crippen LogP contribution in [-0.2, 0) is 5.41 Å². The van der Waals surface area contributed by atoms with Gasteiger partial charge >= 0.3 is 0 Å². The van der Waals surface area contributed by atoms with E-state index in [-0.39, 0.29) is 12.8 Å². The Morgan fingerprint density at radius 2 is 1.32 bits per heavy atom. The minimum atomic E-state index is -2.03. The van der Waals surface area contributed by atoms with Crippen molar-refractivity contribution in [3.05, 3.63) is 35.9 Å². The highest BCUT2D eigenvalue weighted by Crippen LogP contribution is 2.60. The van der Waals surface area contributed by atoms with Crippen molar-refractivity contribution in [1.29, 1.82) is 26.3 Å². The van der Waals surface area contributed by atoms with E-state index in [9.17, 15) is 26.3 Å². The summed E-state index contributed by atoms with van der Waals surface area (Å²) in [6.07, 6.45) is 0.797. The maximum atomic E-state index is 9.85. The molecule has 1 unspecified atom stereocenters. The maximum absolute atomic E-state index is 9.85. The first-order valence-electron chi connectivity index (χ1n) is 6.74. The molecule has 0 aromatic heterocycles. The molecule has 1 fully saturated rings. The van der Waals surface area contributed by atoms with E-state index in [1.54, 1.807) is 30.3 Å². The SMILES string of the molecule is N#CC1(C#N)CCCC(C#N)(c2ccccc2)C1(C#N)C#N. The van der Waals surface area contributed by atoms with Crippen molar-refractivity contribution in [3.63, 3.8) is 0 Å². The van der Waals surface area contributed by atoms with E-state index in [0.717, 1.165) is 0 Å². The van der Waals surface area contributed by atoms with Gasteiger partial charge in [-0.2, -0.15) is 26.3 Å². The van der Waals surface area contributed by atoms with Gasteiger partial charge in [0.1, 0.15) is 5.41 Å². The predicted molar refractivity (Wildman–Crippen MR) is 74.9 cm³/mol. The summed E-state index contributed by atoms with van der Waals surface area (Å²) in [6.45, 7) is 0. The van der Waals surface area contributed by atoms with Gasteiger partial charge in [-0.15, -0.1) is 0 Å². The summed E-state index contributed by atoms with van der Waals surface area (Å²) in [5.41, 5.74) is -4.85. The second-order valence-corrected chi connectivity index (χ2v) is 5.34. The summed E-state index contributed by atoms with van der Waals surface area (Å²) in [4.78, 5) is 0. The molecule has 0 spiro atoms. The van der Waals surface area contributed by atoms with Gasteiger partial charge in [-0.05, 0) is 24.8 Å². The Morgan fingerprint density at radius 1 is 0.727 bits per heavy atom. The van der Waals surface area contributed by atoms with Crippen LogP contribution in [-0.4, -0.2) is 0 Å². The molecule has 1 atom stereocenters. The third kappa shape index (κ3) is 1.53. The third-order valence-corrected chi connectivity index (χ3v) is 4.56. The minimum Gasteiger partial charge on any atom is -0.197 e. The molecule has 1 saturated carbocycles. The van der Waals surface area contributed by atoms with E-state index in [0.29, 0.717) is 12.0 Å². The molecule has 1 aromatic rings. The smallest absolute Gasteiger partial charge is 0.197 e. The molecular weight excluding hydrogens is 274 g/mol. The lowest BCUT2D eigenvalue weighted by Gasteiger charge is -2.47. The third-order valence-electron chi connectivity index (χ3n) is 4.56. The predicted octanol–water partition coefficient (Wildman–Crippen LogP) is 2.70. The van der Waals surface area contributed by atoms with Crippen LogP contribution in [0.1, 0.15) is 24.8 Å². The fourth-order valence-corrected chi connectivity index (χ4v) is 3.36. The molecular formula is C17H11N5. The topological polar surface area (TPSA) is 119 Å². The average molecular weight is 285 g/mol. The molecule has 22 heavy (non-hydrogen) atoms. The molecule has 5 heteroatoms. The lowest BCUT2D eigenvalue weighted by Crippen LogP contribution is -2.56. The van der Waals surface area contributed by atoms with Gasteiger partial charge in [-0.1, -0.05) is 30.3 Å². The summed E-state index contributed by atoms with van der Waals surface area (Å²) in [6, 6.07) is 18.1. The van der Waals surface area contributed by atoms with Gasteiger partial charge in [0, 0.05) is 0 Å². The van der Waals surface area contributed by atoms with Crippen molar-refractivity contribution in [3.8, 4) is 30.3 Å². The highest BCUT2D eigenvalue weighted by Gasteiger charge is 2.69. The Morgan fingerprint density at radius 3 is 1.77 bits per heavy atom. The molecule has 0 N–H and O–H groups in total. The van der Waals surface area contributed by atoms with Gasteiger partial charge in [-0.25, -0.2) is 0 Å². The molecule has 0 amide bonds. The van der Waals surface area contributed by atoms with Crippen LogP contribution in [0.15, 0.2) is 30.3 Å². The van der Waals surface area contributed by atoms with E-state index in [4.69, 9.17) is 0 Å². The standard InChI is InChI=1S/C17H11N5/c18-9-15(10-19)7-4-8-16(11-20,17(15,12-21)13-22)14-5-2-1-3-6-14/h1-3,5-6H,4,7-8H2. The van der Waals surface area contributed by atoms with Crippen molar-refractivity contribution in [2.45, 2.75) is 24.7 Å². The number of nitriles is 5. The zero-order valence-electron chi connectivity index (χ0n) is 11.7. The molecule has 0 aliphatic heterocycles. The van der Waals surface area contributed by atoms with Crippen LogP contribution in [0.25, 0.3) is 0 Å². The molecule has 1 aliphatic carbocycles. The number of rotatable bonds is 1. The van der Waals surface area contributed by atoms with Crippen LogP contribution in [0.4, 0.5) is 0 Å². The quantitative estimate of drug-likeness (QED) is 0.785. The Balaban J connectivity index is 2.90. The Hall–Kier alpha value is -3.33. The van der Waals surface area contributed by atoms with Gasteiger partial charge < -0.3 is 0 Å². The zero-order valence-corrected chi connectivity index (χ0v) is 11.7. The number of hydrogen-bond donors (Lipinski definition) is 0. The summed E-state index contributed by atoms with van der Waals surface area (Å²) >= 11 is 0. The highest BCUT2D eigenvalue weighted by molar-refractivity contribution is 5.51. The van der Waals surface area contributed by atoms with Crippen molar-refractivity contribution < 1.29 is 0 Å².